The maximum absolute atomic E-state index is 13.4. The van der Waals surface area contributed by atoms with E-state index in [0.29, 0.717) is 21.0 Å². The predicted molar refractivity (Wildman–Crippen MR) is 85.1 cm³/mol. The number of nitriles is 1. The zero-order valence-corrected chi connectivity index (χ0v) is 13.0. The first-order chi connectivity index (χ1) is 11.0. The molecule has 3 rings (SSSR count). The summed E-state index contributed by atoms with van der Waals surface area (Å²) in [7, 11) is 0. The summed E-state index contributed by atoms with van der Waals surface area (Å²) in [6, 6.07) is 9.57. The summed E-state index contributed by atoms with van der Waals surface area (Å²) in [6.45, 7) is 1.69. The molecule has 1 N–H and O–H groups in total. The highest BCUT2D eigenvalue weighted by Crippen LogP contribution is 2.36. The summed E-state index contributed by atoms with van der Waals surface area (Å²) in [6.07, 6.45) is 4.83. The van der Waals surface area contributed by atoms with Crippen molar-refractivity contribution in [2.75, 3.05) is 0 Å². The highest BCUT2D eigenvalue weighted by Gasteiger charge is 2.28. The fraction of sp³-hybridized carbons (Fsp3) is 0.118. The van der Waals surface area contributed by atoms with Crippen LogP contribution in [0, 0.1) is 17.1 Å². The highest BCUT2D eigenvalue weighted by atomic mass is 32.1. The molecule has 0 saturated heterocycles. The Morgan fingerprint density at radius 1 is 1.26 bits per heavy atom. The number of aromatic nitrogens is 2. The van der Waals surface area contributed by atoms with Gasteiger partial charge in [0.2, 0.25) is 0 Å². The van der Waals surface area contributed by atoms with Gasteiger partial charge in [0.05, 0.1) is 10.4 Å². The number of nitrogens with zero attached hydrogens (tertiary/aromatic N) is 3. The SMILES string of the molecule is CC(O)(c1ccncc1)c1cnc(-c2ccc(F)c(C#N)c2)s1. The van der Waals surface area contributed by atoms with Crippen molar-refractivity contribution in [1.29, 1.82) is 5.26 Å². The molecule has 1 unspecified atom stereocenters. The van der Waals surface area contributed by atoms with Crippen molar-refractivity contribution in [1.82, 2.24) is 9.97 Å². The minimum absolute atomic E-state index is 0.0276. The zero-order valence-electron chi connectivity index (χ0n) is 12.2. The fourth-order valence-corrected chi connectivity index (χ4v) is 3.18. The molecule has 0 aliphatic carbocycles. The van der Waals surface area contributed by atoms with Gasteiger partial charge in [-0.2, -0.15) is 5.26 Å². The van der Waals surface area contributed by atoms with Gasteiger partial charge >= 0.3 is 0 Å². The average Bonchev–Trinajstić information content (AvgIpc) is 3.07. The number of benzene rings is 1. The Labute approximate surface area is 136 Å². The van der Waals surface area contributed by atoms with Crippen molar-refractivity contribution in [3.63, 3.8) is 0 Å². The van der Waals surface area contributed by atoms with Crippen LogP contribution in [0.2, 0.25) is 0 Å². The van der Waals surface area contributed by atoms with Crippen molar-refractivity contribution in [3.05, 3.63) is 70.7 Å². The quantitative estimate of drug-likeness (QED) is 0.800. The van der Waals surface area contributed by atoms with Crippen LogP contribution in [0.15, 0.2) is 48.9 Å². The van der Waals surface area contributed by atoms with Crippen LogP contribution in [0.4, 0.5) is 4.39 Å². The Morgan fingerprint density at radius 2 is 2.00 bits per heavy atom. The minimum Gasteiger partial charge on any atom is -0.380 e. The predicted octanol–water partition coefficient (Wildman–Crippen LogP) is 3.47. The number of hydrogen-bond donors (Lipinski definition) is 1. The summed E-state index contributed by atoms with van der Waals surface area (Å²) in [5.41, 5.74) is 0.126. The van der Waals surface area contributed by atoms with Gasteiger partial charge in [0.15, 0.2) is 0 Å². The number of rotatable bonds is 3. The van der Waals surface area contributed by atoms with E-state index in [-0.39, 0.29) is 5.56 Å². The third-order valence-electron chi connectivity index (χ3n) is 3.56. The van der Waals surface area contributed by atoms with E-state index >= 15 is 0 Å². The van der Waals surface area contributed by atoms with E-state index in [4.69, 9.17) is 5.26 Å². The van der Waals surface area contributed by atoms with Gasteiger partial charge in [0.25, 0.3) is 0 Å². The second-order valence-electron chi connectivity index (χ2n) is 5.14. The van der Waals surface area contributed by atoms with Crippen molar-refractivity contribution in [2.24, 2.45) is 0 Å². The molecular formula is C17H12FN3OS. The van der Waals surface area contributed by atoms with Crippen molar-refractivity contribution >= 4 is 11.3 Å². The molecule has 2 heterocycles. The van der Waals surface area contributed by atoms with Crippen LogP contribution in [-0.4, -0.2) is 15.1 Å². The van der Waals surface area contributed by atoms with E-state index in [1.54, 1.807) is 43.7 Å². The molecule has 0 radical (unpaired) electrons. The molecule has 0 aliphatic heterocycles. The zero-order chi connectivity index (χ0) is 16.4. The lowest BCUT2D eigenvalue weighted by Gasteiger charge is -2.21. The van der Waals surface area contributed by atoms with Gasteiger partial charge in [0.1, 0.15) is 22.5 Å². The van der Waals surface area contributed by atoms with E-state index in [1.165, 1.54) is 23.5 Å². The first-order valence-electron chi connectivity index (χ1n) is 6.81. The van der Waals surface area contributed by atoms with Crippen LogP contribution in [0.25, 0.3) is 10.6 Å². The van der Waals surface area contributed by atoms with Crippen molar-refractivity contribution in [3.8, 4) is 16.6 Å². The number of pyridine rings is 1. The Bertz CT molecular complexity index is 884. The highest BCUT2D eigenvalue weighted by molar-refractivity contribution is 7.15. The molecule has 23 heavy (non-hydrogen) atoms. The smallest absolute Gasteiger partial charge is 0.140 e. The number of halogens is 1. The molecule has 2 aromatic heterocycles. The van der Waals surface area contributed by atoms with Gasteiger partial charge in [-0.05, 0) is 42.8 Å². The molecule has 0 saturated carbocycles. The molecule has 1 atom stereocenters. The van der Waals surface area contributed by atoms with Gasteiger partial charge in [0, 0.05) is 24.2 Å². The number of hydrogen-bond acceptors (Lipinski definition) is 5. The molecule has 0 bridgehead atoms. The molecule has 3 aromatic rings. The number of aliphatic hydroxyl groups is 1. The van der Waals surface area contributed by atoms with Gasteiger partial charge in [-0.25, -0.2) is 9.37 Å². The molecular weight excluding hydrogens is 313 g/mol. The second-order valence-corrected chi connectivity index (χ2v) is 6.17. The maximum atomic E-state index is 13.4. The third kappa shape index (κ3) is 2.84. The van der Waals surface area contributed by atoms with Crippen LogP contribution >= 0.6 is 11.3 Å². The van der Waals surface area contributed by atoms with Crippen LogP contribution in [0.3, 0.4) is 0 Å². The second kappa shape index (κ2) is 5.88. The van der Waals surface area contributed by atoms with Gasteiger partial charge < -0.3 is 5.11 Å². The molecule has 6 heteroatoms. The van der Waals surface area contributed by atoms with Gasteiger partial charge in [-0.3, -0.25) is 4.98 Å². The molecule has 4 nitrogen and oxygen atoms in total. The fourth-order valence-electron chi connectivity index (χ4n) is 2.20. The Kier molecular flexibility index (Phi) is 3.90. The van der Waals surface area contributed by atoms with E-state index in [0.717, 1.165) is 0 Å². The molecule has 0 spiro atoms. The summed E-state index contributed by atoms with van der Waals surface area (Å²) in [4.78, 5) is 8.89. The Hall–Kier alpha value is -2.62. The Morgan fingerprint density at radius 3 is 2.70 bits per heavy atom. The van der Waals surface area contributed by atoms with E-state index in [1.807, 2.05) is 6.07 Å². The van der Waals surface area contributed by atoms with Crippen LogP contribution in [0.1, 0.15) is 22.9 Å². The summed E-state index contributed by atoms with van der Waals surface area (Å²) < 4.78 is 13.4. The molecule has 1 aromatic carbocycles. The summed E-state index contributed by atoms with van der Waals surface area (Å²) >= 11 is 1.30. The lowest BCUT2D eigenvalue weighted by Crippen LogP contribution is -2.21. The maximum Gasteiger partial charge on any atom is 0.140 e. The topological polar surface area (TPSA) is 69.8 Å². The molecule has 0 amide bonds. The first-order valence-corrected chi connectivity index (χ1v) is 7.63. The minimum atomic E-state index is -1.20. The molecule has 0 aliphatic rings. The van der Waals surface area contributed by atoms with E-state index < -0.39 is 11.4 Å². The van der Waals surface area contributed by atoms with E-state index in [2.05, 4.69) is 9.97 Å². The van der Waals surface area contributed by atoms with Crippen LogP contribution < -0.4 is 0 Å². The Balaban J connectivity index is 2.00. The third-order valence-corrected chi connectivity index (χ3v) is 4.82. The number of thiazole rings is 1. The van der Waals surface area contributed by atoms with E-state index in [9.17, 15) is 9.50 Å². The average molecular weight is 325 g/mol. The lowest BCUT2D eigenvalue weighted by molar-refractivity contribution is 0.106. The monoisotopic (exact) mass is 325 g/mol. The van der Waals surface area contributed by atoms with Crippen molar-refractivity contribution in [2.45, 2.75) is 12.5 Å². The summed E-state index contributed by atoms with van der Waals surface area (Å²) in [5, 5.41) is 20.3. The van der Waals surface area contributed by atoms with Crippen molar-refractivity contribution < 1.29 is 9.50 Å². The van der Waals surface area contributed by atoms with Crippen LogP contribution in [-0.2, 0) is 5.60 Å². The normalized spacial score (nSPS) is 13.3. The lowest BCUT2D eigenvalue weighted by atomic mass is 9.96. The first kappa shape index (κ1) is 15.3. The van der Waals surface area contributed by atoms with Crippen LogP contribution in [0.5, 0.6) is 0 Å². The standard InChI is InChI=1S/C17H12FN3OS/c1-17(22,13-4-6-20-7-5-13)15-10-21-16(23-15)11-2-3-14(18)12(8-11)9-19/h2-8,10,22H,1H3. The molecule has 0 fully saturated rings. The largest absolute Gasteiger partial charge is 0.380 e. The summed E-state index contributed by atoms with van der Waals surface area (Å²) in [5.74, 6) is -0.559. The van der Waals surface area contributed by atoms with Gasteiger partial charge in [-0.15, -0.1) is 11.3 Å². The molecule has 114 valence electrons. The van der Waals surface area contributed by atoms with Gasteiger partial charge in [-0.1, -0.05) is 0 Å².